The molecule has 136 valence electrons. The predicted octanol–water partition coefficient (Wildman–Crippen LogP) is 2.88. The number of carbonyl (C=O) groups excluding carboxylic acids is 1. The number of nitrogens with zero attached hydrogens (tertiary/aromatic N) is 1. The minimum absolute atomic E-state index is 0.0525. The number of ether oxygens (including phenoxy) is 3. The van der Waals surface area contributed by atoms with Crippen LogP contribution in [0, 0.1) is 0 Å². The highest BCUT2D eigenvalue weighted by Crippen LogP contribution is 2.30. The van der Waals surface area contributed by atoms with Crippen LogP contribution in [0.1, 0.15) is 11.1 Å². The number of nitrogens with one attached hydrogen (secondary N) is 1. The zero-order chi connectivity index (χ0) is 18.6. The van der Waals surface area contributed by atoms with E-state index in [0.29, 0.717) is 23.7 Å². The van der Waals surface area contributed by atoms with Gasteiger partial charge >= 0.3 is 0 Å². The molecule has 2 aromatic rings. The summed E-state index contributed by atoms with van der Waals surface area (Å²) in [5, 5.41) is 3.91. The van der Waals surface area contributed by atoms with Crippen molar-refractivity contribution in [3.05, 3.63) is 65.7 Å². The third-order valence-corrected chi connectivity index (χ3v) is 3.33. The molecule has 0 aromatic heterocycles. The van der Waals surface area contributed by atoms with Gasteiger partial charge in [-0.3, -0.25) is 4.79 Å². The molecule has 0 unspecified atom stereocenters. The molecule has 0 radical (unpaired) electrons. The van der Waals surface area contributed by atoms with Crippen LogP contribution in [0.25, 0.3) is 6.08 Å². The van der Waals surface area contributed by atoms with Crippen molar-refractivity contribution < 1.29 is 19.0 Å². The van der Waals surface area contributed by atoms with Gasteiger partial charge in [0.1, 0.15) is 13.2 Å². The van der Waals surface area contributed by atoms with Gasteiger partial charge in [-0.15, -0.1) is 0 Å². The quantitative estimate of drug-likeness (QED) is 0.555. The van der Waals surface area contributed by atoms with E-state index in [0.717, 1.165) is 5.56 Å². The molecule has 0 fully saturated rings. The van der Waals surface area contributed by atoms with Crippen molar-refractivity contribution in [2.24, 2.45) is 5.10 Å². The van der Waals surface area contributed by atoms with Crippen LogP contribution in [-0.4, -0.2) is 39.6 Å². The van der Waals surface area contributed by atoms with E-state index < -0.39 is 0 Å². The molecule has 0 heterocycles. The molecule has 0 saturated carbocycles. The first-order chi connectivity index (χ1) is 12.7. The Hall–Kier alpha value is -3.12. The van der Waals surface area contributed by atoms with Gasteiger partial charge in [-0.1, -0.05) is 42.5 Å². The van der Waals surface area contributed by atoms with Crippen molar-refractivity contribution in [3.63, 3.8) is 0 Å². The molecule has 6 nitrogen and oxygen atoms in total. The van der Waals surface area contributed by atoms with Crippen LogP contribution in [0.5, 0.6) is 11.5 Å². The zero-order valence-electron chi connectivity index (χ0n) is 14.8. The van der Waals surface area contributed by atoms with Gasteiger partial charge in [-0.05, 0) is 23.8 Å². The van der Waals surface area contributed by atoms with Crippen LogP contribution in [0.15, 0.2) is 59.7 Å². The van der Waals surface area contributed by atoms with Gasteiger partial charge in [-0.25, -0.2) is 5.43 Å². The Kier molecular flexibility index (Phi) is 7.89. The minimum atomic E-state index is -0.333. The number of hydrazone groups is 1. The van der Waals surface area contributed by atoms with Gasteiger partial charge in [0.05, 0.1) is 13.3 Å². The summed E-state index contributed by atoms with van der Waals surface area (Å²) in [6.45, 7) is 0.315. The largest absolute Gasteiger partial charge is 0.493 e. The number of amides is 1. The molecule has 0 bridgehead atoms. The molecule has 0 aliphatic rings. The molecule has 0 atom stereocenters. The van der Waals surface area contributed by atoms with Crippen LogP contribution in [0.4, 0.5) is 0 Å². The van der Waals surface area contributed by atoms with E-state index in [9.17, 15) is 4.79 Å². The SMILES string of the molecule is COCC(=O)NN=Cc1cccc(OC)c1OC/C=C/c1ccccc1. The Balaban J connectivity index is 2.04. The average molecular weight is 354 g/mol. The first-order valence-electron chi connectivity index (χ1n) is 8.07. The highest BCUT2D eigenvalue weighted by atomic mass is 16.5. The molecule has 0 aliphatic carbocycles. The lowest BCUT2D eigenvalue weighted by atomic mass is 10.2. The number of carbonyl (C=O) groups is 1. The van der Waals surface area contributed by atoms with Crippen molar-refractivity contribution >= 4 is 18.2 Å². The second-order valence-electron chi connectivity index (χ2n) is 5.23. The molecule has 1 N–H and O–H groups in total. The summed E-state index contributed by atoms with van der Waals surface area (Å²) < 4.78 is 15.9. The van der Waals surface area contributed by atoms with Crippen LogP contribution < -0.4 is 14.9 Å². The first-order valence-corrected chi connectivity index (χ1v) is 8.07. The number of hydrogen-bond acceptors (Lipinski definition) is 5. The normalized spacial score (nSPS) is 11.0. The Bertz CT molecular complexity index is 758. The van der Waals surface area contributed by atoms with E-state index in [1.54, 1.807) is 13.2 Å². The highest BCUT2D eigenvalue weighted by Gasteiger charge is 2.08. The summed E-state index contributed by atoms with van der Waals surface area (Å²) in [4.78, 5) is 11.4. The number of methoxy groups -OCH3 is 2. The maximum Gasteiger partial charge on any atom is 0.266 e. The van der Waals surface area contributed by atoms with Gasteiger partial charge in [0.2, 0.25) is 0 Å². The van der Waals surface area contributed by atoms with Gasteiger partial charge in [-0.2, -0.15) is 5.10 Å². The van der Waals surface area contributed by atoms with E-state index >= 15 is 0 Å². The lowest BCUT2D eigenvalue weighted by Gasteiger charge is -2.11. The number of para-hydroxylation sites is 1. The molecule has 26 heavy (non-hydrogen) atoms. The standard InChI is InChI=1S/C20H22N2O4/c1-24-15-19(23)22-21-14-17-11-6-12-18(25-2)20(17)26-13-7-10-16-8-4-3-5-9-16/h3-12,14H,13,15H2,1-2H3,(H,22,23)/b10-7+,21-14?. The number of hydrogen-bond donors (Lipinski definition) is 1. The molecule has 6 heteroatoms. The summed E-state index contributed by atoms with van der Waals surface area (Å²) in [6, 6.07) is 15.4. The molecule has 0 aliphatic heterocycles. The maximum absolute atomic E-state index is 11.4. The molecular weight excluding hydrogens is 332 g/mol. The second kappa shape index (κ2) is 10.7. The zero-order valence-corrected chi connectivity index (χ0v) is 14.8. The Labute approximate surface area is 153 Å². The predicted molar refractivity (Wildman–Crippen MR) is 102 cm³/mol. The molecule has 2 rings (SSSR count). The first kappa shape index (κ1) is 19.2. The summed E-state index contributed by atoms with van der Waals surface area (Å²) in [7, 11) is 3.02. The van der Waals surface area contributed by atoms with E-state index in [4.69, 9.17) is 14.2 Å². The van der Waals surface area contributed by atoms with Gasteiger partial charge in [0.15, 0.2) is 11.5 Å². The Morgan fingerprint density at radius 3 is 2.65 bits per heavy atom. The van der Waals surface area contributed by atoms with E-state index in [1.807, 2.05) is 54.6 Å². The fourth-order valence-electron chi connectivity index (χ4n) is 2.17. The van der Waals surface area contributed by atoms with Gasteiger partial charge in [0, 0.05) is 12.7 Å². The second-order valence-corrected chi connectivity index (χ2v) is 5.23. The fourth-order valence-corrected chi connectivity index (χ4v) is 2.17. The summed E-state index contributed by atoms with van der Waals surface area (Å²) in [5.41, 5.74) is 4.17. The number of benzene rings is 2. The molecule has 1 amide bonds. The summed E-state index contributed by atoms with van der Waals surface area (Å²) in [6.07, 6.45) is 5.41. The minimum Gasteiger partial charge on any atom is -0.493 e. The topological polar surface area (TPSA) is 69.2 Å². The van der Waals surface area contributed by atoms with Crippen molar-refractivity contribution in [1.82, 2.24) is 5.43 Å². The Morgan fingerprint density at radius 1 is 1.12 bits per heavy atom. The molecule has 0 saturated heterocycles. The van der Waals surface area contributed by atoms with Crippen molar-refractivity contribution in [1.29, 1.82) is 0 Å². The molecule has 2 aromatic carbocycles. The molecular formula is C20H22N2O4. The maximum atomic E-state index is 11.4. The third-order valence-electron chi connectivity index (χ3n) is 3.33. The van der Waals surface area contributed by atoms with Crippen molar-refractivity contribution in [2.75, 3.05) is 27.4 Å². The fraction of sp³-hybridized carbons (Fsp3) is 0.200. The van der Waals surface area contributed by atoms with Crippen molar-refractivity contribution in [3.8, 4) is 11.5 Å². The lowest BCUT2D eigenvalue weighted by Crippen LogP contribution is -2.22. The van der Waals surface area contributed by atoms with Crippen LogP contribution in [0.2, 0.25) is 0 Å². The summed E-state index contributed by atoms with van der Waals surface area (Å²) in [5.74, 6) is 0.808. The van der Waals surface area contributed by atoms with Crippen LogP contribution >= 0.6 is 0 Å². The highest BCUT2D eigenvalue weighted by molar-refractivity contribution is 5.86. The van der Waals surface area contributed by atoms with Crippen LogP contribution in [-0.2, 0) is 9.53 Å². The van der Waals surface area contributed by atoms with E-state index in [2.05, 4.69) is 10.5 Å². The average Bonchev–Trinajstić information content (AvgIpc) is 2.67. The number of rotatable bonds is 9. The molecule has 0 spiro atoms. The smallest absolute Gasteiger partial charge is 0.266 e. The summed E-state index contributed by atoms with van der Waals surface area (Å²) >= 11 is 0. The van der Waals surface area contributed by atoms with Gasteiger partial charge in [0.25, 0.3) is 5.91 Å². The van der Waals surface area contributed by atoms with Gasteiger partial charge < -0.3 is 14.2 Å². The lowest BCUT2D eigenvalue weighted by molar-refractivity contribution is -0.124. The van der Waals surface area contributed by atoms with Crippen LogP contribution in [0.3, 0.4) is 0 Å². The van der Waals surface area contributed by atoms with Crippen molar-refractivity contribution in [2.45, 2.75) is 0 Å². The third kappa shape index (κ3) is 6.07. The Morgan fingerprint density at radius 2 is 1.92 bits per heavy atom. The van der Waals surface area contributed by atoms with E-state index in [-0.39, 0.29) is 12.5 Å². The van der Waals surface area contributed by atoms with E-state index in [1.165, 1.54) is 13.3 Å². The monoisotopic (exact) mass is 354 g/mol.